The summed E-state index contributed by atoms with van der Waals surface area (Å²) in [5.74, 6) is 1.58. The van der Waals surface area contributed by atoms with Gasteiger partial charge < -0.3 is 14.5 Å². The van der Waals surface area contributed by atoms with Crippen molar-refractivity contribution in [3.63, 3.8) is 0 Å². The maximum atomic E-state index is 12.9. The Morgan fingerprint density at radius 2 is 1.93 bits per heavy atom. The minimum absolute atomic E-state index is 0.223. The summed E-state index contributed by atoms with van der Waals surface area (Å²) in [6.45, 7) is 4.65. The van der Waals surface area contributed by atoms with Crippen molar-refractivity contribution in [3.05, 3.63) is 36.4 Å². The molecule has 7 heteroatoms. The summed E-state index contributed by atoms with van der Waals surface area (Å²) in [5.41, 5.74) is 3.11. The van der Waals surface area contributed by atoms with E-state index in [0.717, 1.165) is 74.6 Å². The number of anilines is 1. The normalized spacial score (nSPS) is 22.6. The number of hydrogen-bond donors (Lipinski definition) is 0. The predicted molar refractivity (Wildman–Crippen MR) is 114 cm³/mol. The lowest BCUT2D eigenvalue weighted by Crippen LogP contribution is -2.44. The van der Waals surface area contributed by atoms with Gasteiger partial charge in [0.2, 0.25) is 11.9 Å². The van der Waals surface area contributed by atoms with Gasteiger partial charge in [0, 0.05) is 67.7 Å². The lowest BCUT2D eigenvalue weighted by molar-refractivity contribution is -0.139. The summed E-state index contributed by atoms with van der Waals surface area (Å²) in [5, 5.41) is 0. The average molecular weight is 408 g/mol. The predicted octanol–water partition coefficient (Wildman–Crippen LogP) is 2.88. The maximum absolute atomic E-state index is 12.9. The number of carbonyl (C=O) groups excluding carboxylic acids is 1. The van der Waals surface area contributed by atoms with Gasteiger partial charge in [-0.1, -0.05) is 12.5 Å². The highest BCUT2D eigenvalue weighted by molar-refractivity contribution is 5.80. The quantitative estimate of drug-likeness (QED) is 0.776. The molecule has 1 unspecified atom stereocenters. The van der Waals surface area contributed by atoms with Crippen molar-refractivity contribution < 1.29 is 9.53 Å². The Morgan fingerprint density at radius 3 is 2.67 bits per heavy atom. The van der Waals surface area contributed by atoms with Crippen LogP contribution < -0.4 is 4.90 Å². The molecule has 7 nitrogen and oxygen atoms in total. The first-order valence-electron chi connectivity index (χ1n) is 11.2. The van der Waals surface area contributed by atoms with Crippen LogP contribution in [-0.4, -0.2) is 65.2 Å². The van der Waals surface area contributed by atoms with Crippen molar-refractivity contribution in [3.8, 4) is 11.1 Å². The van der Waals surface area contributed by atoms with Crippen molar-refractivity contribution in [2.24, 2.45) is 5.92 Å². The van der Waals surface area contributed by atoms with Gasteiger partial charge in [0.05, 0.1) is 18.9 Å². The molecule has 3 fully saturated rings. The molecule has 0 N–H and O–H groups in total. The monoisotopic (exact) mass is 407 g/mol. The Hall–Kier alpha value is -2.54. The Morgan fingerprint density at radius 1 is 1.07 bits per heavy atom. The smallest absolute Gasteiger partial charge is 0.225 e. The van der Waals surface area contributed by atoms with Crippen LogP contribution in [0.4, 0.5) is 5.95 Å². The fourth-order valence-corrected chi connectivity index (χ4v) is 4.67. The molecule has 0 radical (unpaired) electrons. The van der Waals surface area contributed by atoms with Crippen LogP contribution >= 0.6 is 0 Å². The number of ether oxygens (including phenoxy) is 1. The molecule has 0 spiro atoms. The zero-order chi connectivity index (χ0) is 20.3. The van der Waals surface area contributed by atoms with Crippen molar-refractivity contribution in [1.29, 1.82) is 0 Å². The van der Waals surface area contributed by atoms with Gasteiger partial charge in [-0.25, -0.2) is 9.97 Å². The number of likely N-dealkylation sites (tertiary alicyclic amines) is 1. The van der Waals surface area contributed by atoms with Gasteiger partial charge in [0.25, 0.3) is 0 Å². The van der Waals surface area contributed by atoms with E-state index in [9.17, 15) is 4.79 Å². The van der Waals surface area contributed by atoms with Gasteiger partial charge in [-0.15, -0.1) is 0 Å². The Balaban J connectivity index is 1.46. The molecule has 1 atom stereocenters. The minimum Gasteiger partial charge on any atom is -0.378 e. The van der Waals surface area contributed by atoms with Crippen LogP contribution in [0.1, 0.15) is 43.7 Å². The molecule has 1 amide bonds. The van der Waals surface area contributed by atoms with Crippen LogP contribution in [-0.2, 0) is 9.53 Å². The molecule has 4 heterocycles. The average Bonchev–Trinajstić information content (AvgIpc) is 2.79. The largest absolute Gasteiger partial charge is 0.378 e. The number of nitrogens with zero attached hydrogens (tertiary/aromatic N) is 5. The van der Waals surface area contributed by atoms with Crippen LogP contribution in [0, 0.1) is 5.92 Å². The summed E-state index contributed by atoms with van der Waals surface area (Å²) < 4.78 is 5.49. The summed E-state index contributed by atoms with van der Waals surface area (Å²) >= 11 is 0. The van der Waals surface area contributed by atoms with E-state index >= 15 is 0 Å². The Kier molecular flexibility index (Phi) is 5.62. The molecule has 5 rings (SSSR count). The second-order valence-corrected chi connectivity index (χ2v) is 8.56. The highest BCUT2D eigenvalue weighted by Gasteiger charge is 2.34. The van der Waals surface area contributed by atoms with E-state index < -0.39 is 0 Å². The van der Waals surface area contributed by atoms with E-state index in [0.29, 0.717) is 19.1 Å². The summed E-state index contributed by atoms with van der Waals surface area (Å²) in [7, 11) is 0. The number of rotatable bonds is 4. The maximum Gasteiger partial charge on any atom is 0.225 e. The third kappa shape index (κ3) is 3.90. The molecular weight excluding hydrogens is 378 g/mol. The Bertz CT molecular complexity index is 880. The lowest BCUT2D eigenvalue weighted by Gasteiger charge is -2.37. The highest BCUT2D eigenvalue weighted by Crippen LogP contribution is 2.36. The fourth-order valence-electron chi connectivity index (χ4n) is 4.67. The van der Waals surface area contributed by atoms with E-state index in [2.05, 4.69) is 25.8 Å². The summed E-state index contributed by atoms with van der Waals surface area (Å²) in [6, 6.07) is 4.01. The molecule has 1 saturated carbocycles. The van der Waals surface area contributed by atoms with Crippen LogP contribution in [0.15, 0.2) is 30.7 Å². The highest BCUT2D eigenvalue weighted by atomic mass is 16.5. The lowest BCUT2D eigenvalue weighted by atomic mass is 9.83. The van der Waals surface area contributed by atoms with Crippen molar-refractivity contribution in [1.82, 2.24) is 19.9 Å². The van der Waals surface area contributed by atoms with Gasteiger partial charge in [0.1, 0.15) is 0 Å². The second-order valence-electron chi connectivity index (χ2n) is 8.56. The number of pyridine rings is 1. The van der Waals surface area contributed by atoms with E-state index in [1.165, 1.54) is 6.42 Å². The number of aromatic nitrogens is 3. The topological polar surface area (TPSA) is 71.5 Å². The molecule has 0 bridgehead atoms. The van der Waals surface area contributed by atoms with Crippen molar-refractivity contribution >= 4 is 11.9 Å². The first-order valence-corrected chi connectivity index (χ1v) is 11.2. The minimum atomic E-state index is 0.223. The molecule has 3 aliphatic rings. The van der Waals surface area contributed by atoms with E-state index in [-0.39, 0.29) is 11.8 Å². The molecule has 0 aromatic carbocycles. The number of hydrogen-bond acceptors (Lipinski definition) is 6. The third-order valence-electron chi connectivity index (χ3n) is 6.65. The molecule has 2 saturated heterocycles. The van der Waals surface area contributed by atoms with Gasteiger partial charge in [-0.05, 0) is 31.7 Å². The van der Waals surface area contributed by atoms with Crippen LogP contribution in [0.2, 0.25) is 0 Å². The van der Waals surface area contributed by atoms with Crippen molar-refractivity contribution in [2.45, 2.75) is 38.0 Å². The summed E-state index contributed by atoms with van der Waals surface area (Å²) in [4.78, 5) is 31.2. The van der Waals surface area contributed by atoms with E-state index in [1.54, 1.807) is 6.20 Å². The molecular formula is C23H29N5O2. The standard InChI is InChI=1S/C23H29N5O2/c29-22(17-4-1-5-17)28-9-3-7-19(16-28)21-20(18-6-2-8-24-14-18)15-25-23(26-21)27-10-12-30-13-11-27/h2,6,8,14-15,17,19H,1,3-5,7,9-13,16H2. The summed E-state index contributed by atoms with van der Waals surface area (Å²) in [6.07, 6.45) is 11.0. The molecule has 158 valence electrons. The van der Waals surface area contributed by atoms with E-state index in [4.69, 9.17) is 9.72 Å². The number of morpholine rings is 1. The number of carbonyl (C=O) groups is 1. The fraction of sp³-hybridized carbons (Fsp3) is 0.565. The molecule has 1 aliphatic carbocycles. The first-order chi connectivity index (χ1) is 14.8. The third-order valence-corrected chi connectivity index (χ3v) is 6.65. The van der Waals surface area contributed by atoms with Gasteiger partial charge in [0.15, 0.2) is 0 Å². The number of piperidine rings is 1. The first kappa shape index (κ1) is 19.4. The number of amides is 1. The molecule has 30 heavy (non-hydrogen) atoms. The molecule has 2 aromatic rings. The zero-order valence-electron chi connectivity index (χ0n) is 17.4. The Labute approximate surface area is 177 Å². The second kappa shape index (κ2) is 8.68. The van der Waals surface area contributed by atoms with E-state index in [1.807, 2.05) is 18.5 Å². The SMILES string of the molecule is O=C(C1CCC1)N1CCCC(c2nc(N3CCOCC3)ncc2-c2cccnc2)C1. The van der Waals surface area contributed by atoms with Crippen LogP contribution in [0.3, 0.4) is 0 Å². The van der Waals surface area contributed by atoms with Gasteiger partial charge in [-0.2, -0.15) is 0 Å². The van der Waals surface area contributed by atoms with Crippen LogP contribution in [0.25, 0.3) is 11.1 Å². The van der Waals surface area contributed by atoms with Gasteiger partial charge >= 0.3 is 0 Å². The molecule has 2 aromatic heterocycles. The van der Waals surface area contributed by atoms with Crippen LogP contribution in [0.5, 0.6) is 0 Å². The molecule has 2 aliphatic heterocycles. The zero-order valence-corrected chi connectivity index (χ0v) is 17.4. The van der Waals surface area contributed by atoms with Gasteiger partial charge in [-0.3, -0.25) is 9.78 Å². The van der Waals surface area contributed by atoms with Crippen molar-refractivity contribution in [2.75, 3.05) is 44.3 Å².